The van der Waals surface area contributed by atoms with E-state index in [1.165, 1.54) is 6.07 Å². The number of carbonyl (C=O) groups is 1. The minimum atomic E-state index is -1.06. The van der Waals surface area contributed by atoms with E-state index in [1.807, 2.05) is 0 Å². The first-order chi connectivity index (χ1) is 9.52. The average molecular weight is 278 g/mol. The maximum absolute atomic E-state index is 13.8. The van der Waals surface area contributed by atoms with Crippen LogP contribution in [-0.4, -0.2) is 40.6 Å². The number of para-hydroxylation sites is 1. The van der Waals surface area contributed by atoms with Crippen molar-refractivity contribution in [2.75, 3.05) is 12.4 Å². The summed E-state index contributed by atoms with van der Waals surface area (Å²) < 4.78 is 13.8. The van der Waals surface area contributed by atoms with Crippen molar-refractivity contribution in [3.8, 4) is 0 Å². The Morgan fingerprint density at radius 2 is 1.95 bits per heavy atom. The lowest BCUT2D eigenvalue weighted by Gasteiger charge is -2.43. The number of carboxylic acid groups (broad SMARTS) is 1. The lowest BCUT2D eigenvalue weighted by atomic mass is 9.82. The van der Waals surface area contributed by atoms with Crippen LogP contribution in [0.1, 0.15) is 25.7 Å². The van der Waals surface area contributed by atoms with Crippen LogP contribution in [0.5, 0.6) is 0 Å². The summed E-state index contributed by atoms with van der Waals surface area (Å²) in [6, 6.07) is 6.80. The van der Waals surface area contributed by atoms with Gasteiger partial charge in [0.1, 0.15) is 11.4 Å². The molecule has 0 spiro atoms. The van der Waals surface area contributed by atoms with Crippen LogP contribution in [-0.2, 0) is 4.79 Å². The number of nitrogens with one attached hydrogen (secondary N) is 1. The number of rotatable bonds is 3. The van der Waals surface area contributed by atoms with Crippen molar-refractivity contribution in [1.82, 2.24) is 4.90 Å². The molecule has 2 bridgehead atoms. The molecular weight excluding hydrogens is 259 g/mol. The predicted molar refractivity (Wildman–Crippen MR) is 74.2 cm³/mol. The molecule has 0 aliphatic carbocycles. The highest BCUT2D eigenvalue weighted by atomic mass is 19.1. The molecule has 2 aliphatic heterocycles. The number of hydrogen-bond donors (Lipinski definition) is 2. The smallest absolute Gasteiger partial charge is 0.329 e. The largest absolute Gasteiger partial charge is 0.480 e. The van der Waals surface area contributed by atoms with E-state index in [1.54, 1.807) is 18.2 Å². The maximum Gasteiger partial charge on any atom is 0.329 e. The third kappa shape index (κ3) is 2.06. The van der Waals surface area contributed by atoms with E-state index in [0.29, 0.717) is 12.8 Å². The van der Waals surface area contributed by atoms with Crippen molar-refractivity contribution >= 4 is 11.7 Å². The Morgan fingerprint density at radius 1 is 1.35 bits per heavy atom. The zero-order valence-electron chi connectivity index (χ0n) is 11.5. The van der Waals surface area contributed by atoms with Gasteiger partial charge in [-0.05, 0) is 44.9 Å². The number of piperidine rings is 1. The highest BCUT2D eigenvalue weighted by Crippen LogP contribution is 2.41. The zero-order chi connectivity index (χ0) is 14.3. The van der Waals surface area contributed by atoms with E-state index in [4.69, 9.17) is 0 Å². The predicted octanol–water partition coefficient (Wildman–Crippen LogP) is 2.32. The van der Waals surface area contributed by atoms with Gasteiger partial charge in [0.05, 0.1) is 5.69 Å². The lowest BCUT2D eigenvalue weighted by Crippen LogP contribution is -2.57. The normalized spacial score (nSPS) is 33.1. The molecule has 2 aliphatic rings. The minimum absolute atomic E-state index is 0.268. The number of nitrogens with zero attached hydrogens (tertiary/aromatic N) is 1. The minimum Gasteiger partial charge on any atom is -0.480 e. The van der Waals surface area contributed by atoms with Crippen LogP contribution in [0.25, 0.3) is 0 Å². The van der Waals surface area contributed by atoms with Crippen LogP contribution in [0, 0.1) is 5.82 Å². The first kappa shape index (κ1) is 13.4. The van der Waals surface area contributed by atoms with E-state index >= 15 is 0 Å². The van der Waals surface area contributed by atoms with E-state index in [2.05, 4.69) is 17.3 Å². The van der Waals surface area contributed by atoms with Crippen LogP contribution < -0.4 is 5.32 Å². The molecule has 2 fully saturated rings. The van der Waals surface area contributed by atoms with Gasteiger partial charge in [-0.15, -0.1) is 0 Å². The summed E-state index contributed by atoms with van der Waals surface area (Å²) in [4.78, 5) is 14.1. The molecule has 5 heteroatoms. The average Bonchev–Trinajstić information content (AvgIpc) is 2.64. The topological polar surface area (TPSA) is 52.6 Å². The molecule has 0 aromatic heterocycles. The summed E-state index contributed by atoms with van der Waals surface area (Å²) in [7, 11) is 2.05. The van der Waals surface area contributed by atoms with Crippen molar-refractivity contribution < 1.29 is 14.3 Å². The monoisotopic (exact) mass is 278 g/mol. The molecule has 3 rings (SSSR count). The van der Waals surface area contributed by atoms with Gasteiger partial charge in [-0.1, -0.05) is 12.1 Å². The quantitative estimate of drug-likeness (QED) is 0.891. The molecule has 0 radical (unpaired) electrons. The number of halogens is 1. The van der Waals surface area contributed by atoms with Crippen LogP contribution in [0.15, 0.2) is 24.3 Å². The molecule has 2 heterocycles. The first-order valence-corrected chi connectivity index (χ1v) is 7.00. The molecular formula is C15H19FN2O2. The molecule has 0 amide bonds. The summed E-state index contributed by atoms with van der Waals surface area (Å²) in [6.45, 7) is 0. The SMILES string of the molecule is CN1C2CCC1CC(Nc1ccccc1F)(C(=O)O)C2. The van der Waals surface area contributed by atoms with E-state index in [-0.39, 0.29) is 17.8 Å². The Labute approximate surface area is 117 Å². The third-order valence-electron chi connectivity index (χ3n) is 4.81. The highest BCUT2D eigenvalue weighted by Gasteiger charge is 2.51. The second kappa shape index (κ2) is 4.74. The van der Waals surface area contributed by atoms with Crippen LogP contribution in [0.4, 0.5) is 10.1 Å². The Morgan fingerprint density at radius 3 is 2.50 bits per heavy atom. The molecule has 1 aromatic rings. The summed E-state index contributed by atoms with van der Waals surface area (Å²) in [6.07, 6.45) is 3.08. The molecule has 2 N–H and O–H groups in total. The fourth-order valence-electron chi connectivity index (χ4n) is 3.62. The molecule has 1 aromatic carbocycles. The van der Waals surface area contributed by atoms with Gasteiger partial charge >= 0.3 is 5.97 Å². The van der Waals surface area contributed by atoms with Crippen LogP contribution in [0.3, 0.4) is 0 Å². The molecule has 20 heavy (non-hydrogen) atoms. The third-order valence-corrected chi connectivity index (χ3v) is 4.81. The second-order valence-corrected chi connectivity index (χ2v) is 5.95. The lowest BCUT2D eigenvalue weighted by molar-refractivity contribution is -0.145. The Balaban J connectivity index is 1.91. The molecule has 108 valence electrons. The molecule has 2 atom stereocenters. The van der Waals surface area contributed by atoms with Gasteiger partial charge in [-0.25, -0.2) is 9.18 Å². The first-order valence-electron chi connectivity index (χ1n) is 7.00. The van der Waals surface area contributed by atoms with Crippen molar-refractivity contribution in [1.29, 1.82) is 0 Å². The number of benzene rings is 1. The van der Waals surface area contributed by atoms with Crippen molar-refractivity contribution in [2.45, 2.75) is 43.3 Å². The molecule has 0 saturated carbocycles. The van der Waals surface area contributed by atoms with Gasteiger partial charge in [0.2, 0.25) is 0 Å². The van der Waals surface area contributed by atoms with E-state index in [9.17, 15) is 14.3 Å². The fraction of sp³-hybridized carbons (Fsp3) is 0.533. The number of anilines is 1. The van der Waals surface area contributed by atoms with Crippen molar-refractivity contribution in [2.24, 2.45) is 0 Å². The summed E-state index contributed by atoms with van der Waals surface area (Å²) in [5.74, 6) is -1.29. The van der Waals surface area contributed by atoms with Gasteiger partial charge < -0.3 is 15.3 Å². The number of carboxylic acids is 1. The van der Waals surface area contributed by atoms with Gasteiger partial charge in [-0.3, -0.25) is 0 Å². The Kier molecular flexibility index (Phi) is 3.17. The summed E-state index contributed by atoms with van der Waals surface area (Å²) >= 11 is 0. The standard InChI is InChI=1S/C15H19FN2O2/c1-18-10-6-7-11(18)9-15(8-10,14(19)20)17-13-5-3-2-4-12(13)16/h2-5,10-11,17H,6-9H2,1H3,(H,19,20). The summed E-state index contributed by atoms with van der Waals surface area (Å²) in [5.41, 5.74) is -0.778. The van der Waals surface area contributed by atoms with Crippen LogP contribution in [0.2, 0.25) is 0 Å². The maximum atomic E-state index is 13.8. The summed E-state index contributed by atoms with van der Waals surface area (Å²) in [5, 5.41) is 12.7. The highest BCUT2D eigenvalue weighted by molar-refractivity contribution is 5.83. The van der Waals surface area contributed by atoms with Gasteiger partial charge in [0.15, 0.2) is 0 Å². The second-order valence-electron chi connectivity index (χ2n) is 5.95. The van der Waals surface area contributed by atoms with E-state index in [0.717, 1.165) is 12.8 Å². The Bertz CT molecular complexity index is 520. The van der Waals surface area contributed by atoms with Crippen molar-refractivity contribution in [3.05, 3.63) is 30.1 Å². The molecule has 2 saturated heterocycles. The fourth-order valence-corrected chi connectivity index (χ4v) is 3.62. The molecule has 4 nitrogen and oxygen atoms in total. The van der Waals surface area contributed by atoms with Gasteiger partial charge in [0, 0.05) is 12.1 Å². The van der Waals surface area contributed by atoms with Crippen molar-refractivity contribution in [3.63, 3.8) is 0 Å². The number of hydrogen-bond acceptors (Lipinski definition) is 3. The van der Waals surface area contributed by atoms with E-state index < -0.39 is 17.3 Å². The number of fused-ring (bicyclic) bond motifs is 2. The molecule has 2 unspecified atom stereocenters. The van der Waals surface area contributed by atoms with Crippen LogP contribution >= 0.6 is 0 Å². The zero-order valence-corrected chi connectivity index (χ0v) is 11.5. The Hall–Kier alpha value is -1.62. The van der Waals surface area contributed by atoms with Gasteiger partial charge in [-0.2, -0.15) is 0 Å². The van der Waals surface area contributed by atoms with Gasteiger partial charge in [0.25, 0.3) is 0 Å². The number of aliphatic carboxylic acids is 1.